The number of rotatable bonds is 3. The molecule has 0 saturated carbocycles. The zero-order chi connectivity index (χ0) is 14.1. The molecule has 6 heteroatoms. The zero-order valence-corrected chi connectivity index (χ0v) is 14.1. The first kappa shape index (κ1) is 14.2. The van der Waals surface area contributed by atoms with Crippen LogP contribution in [0.25, 0.3) is 11.4 Å². The molecule has 0 unspecified atom stereocenters. The van der Waals surface area contributed by atoms with Gasteiger partial charge in [-0.1, -0.05) is 11.6 Å². The van der Waals surface area contributed by atoms with Gasteiger partial charge in [-0.15, -0.1) is 0 Å². The molecule has 1 aliphatic heterocycles. The van der Waals surface area contributed by atoms with Crippen LogP contribution in [-0.2, 0) is 11.5 Å². The molecule has 2 aromatic rings. The SMILES string of the molecule is CCNc1nc(-c2ccc(Cl)c(Br)c2)nc2c1CSC2. The van der Waals surface area contributed by atoms with E-state index >= 15 is 0 Å². The van der Waals surface area contributed by atoms with E-state index < -0.39 is 0 Å². The van der Waals surface area contributed by atoms with Crippen molar-refractivity contribution in [3.05, 3.63) is 39.0 Å². The van der Waals surface area contributed by atoms with Crippen molar-refractivity contribution in [1.82, 2.24) is 9.97 Å². The summed E-state index contributed by atoms with van der Waals surface area (Å²) in [5, 5.41) is 4.03. The van der Waals surface area contributed by atoms with E-state index in [1.54, 1.807) is 0 Å². The lowest BCUT2D eigenvalue weighted by Gasteiger charge is -2.11. The van der Waals surface area contributed by atoms with Crippen LogP contribution in [0.2, 0.25) is 5.02 Å². The van der Waals surface area contributed by atoms with Crippen molar-refractivity contribution in [1.29, 1.82) is 0 Å². The summed E-state index contributed by atoms with van der Waals surface area (Å²) in [6.07, 6.45) is 0. The molecule has 0 fully saturated rings. The fourth-order valence-electron chi connectivity index (χ4n) is 2.13. The molecule has 20 heavy (non-hydrogen) atoms. The van der Waals surface area contributed by atoms with E-state index in [1.807, 2.05) is 30.0 Å². The quantitative estimate of drug-likeness (QED) is 0.847. The topological polar surface area (TPSA) is 37.8 Å². The third-order valence-electron chi connectivity index (χ3n) is 3.10. The minimum atomic E-state index is 0.692. The van der Waals surface area contributed by atoms with Crippen LogP contribution in [0.15, 0.2) is 22.7 Å². The second-order valence-corrected chi connectivity index (χ2v) is 6.72. The van der Waals surface area contributed by atoms with Crippen molar-refractivity contribution in [3.63, 3.8) is 0 Å². The molecule has 3 nitrogen and oxygen atoms in total. The van der Waals surface area contributed by atoms with Gasteiger partial charge in [-0.25, -0.2) is 9.97 Å². The van der Waals surface area contributed by atoms with Gasteiger partial charge in [0, 0.05) is 33.7 Å². The molecule has 0 bridgehead atoms. The molecule has 0 radical (unpaired) electrons. The molecule has 3 rings (SSSR count). The van der Waals surface area contributed by atoms with Gasteiger partial charge in [0.15, 0.2) is 5.82 Å². The van der Waals surface area contributed by atoms with Crippen LogP contribution in [0, 0.1) is 0 Å². The molecular formula is C14H13BrClN3S. The zero-order valence-electron chi connectivity index (χ0n) is 10.9. The Labute approximate surface area is 135 Å². The summed E-state index contributed by atoms with van der Waals surface area (Å²) in [6, 6.07) is 5.77. The number of nitrogens with zero attached hydrogens (tertiary/aromatic N) is 2. The molecule has 1 N–H and O–H groups in total. The van der Waals surface area contributed by atoms with E-state index in [4.69, 9.17) is 16.6 Å². The summed E-state index contributed by atoms with van der Waals surface area (Å²) < 4.78 is 0.861. The van der Waals surface area contributed by atoms with E-state index in [0.717, 1.165) is 45.4 Å². The highest BCUT2D eigenvalue weighted by Crippen LogP contribution is 2.35. The van der Waals surface area contributed by atoms with E-state index in [2.05, 4.69) is 33.2 Å². The maximum atomic E-state index is 6.04. The Morgan fingerprint density at radius 1 is 1.35 bits per heavy atom. The molecule has 0 amide bonds. The van der Waals surface area contributed by atoms with Crippen molar-refractivity contribution in [2.45, 2.75) is 18.4 Å². The average molecular weight is 371 g/mol. The van der Waals surface area contributed by atoms with Crippen LogP contribution in [0.3, 0.4) is 0 Å². The monoisotopic (exact) mass is 369 g/mol. The van der Waals surface area contributed by atoms with Gasteiger partial charge in [-0.2, -0.15) is 11.8 Å². The third kappa shape index (κ3) is 2.67. The number of nitrogens with one attached hydrogen (secondary N) is 1. The van der Waals surface area contributed by atoms with Gasteiger partial charge in [-0.05, 0) is 41.1 Å². The van der Waals surface area contributed by atoms with Gasteiger partial charge in [0.25, 0.3) is 0 Å². The Morgan fingerprint density at radius 2 is 2.20 bits per heavy atom. The smallest absolute Gasteiger partial charge is 0.161 e. The molecule has 2 heterocycles. The molecule has 0 saturated heterocycles. The molecule has 1 aromatic carbocycles. The molecule has 0 spiro atoms. The van der Waals surface area contributed by atoms with Crippen molar-refractivity contribution in [2.75, 3.05) is 11.9 Å². The number of anilines is 1. The summed E-state index contributed by atoms with van der Waals surface area (Å²) in [5.74, 6) is 3.66. The molecule has 0 aliphatic carbocycles. The highest BCUT2D eigenvalue weighted by Gasteiger charge is 2.20. The second-order valence-electron chi connectivity index (χ2n) is 4.47. The van der Waals surface area contributed by atoms with Crippen LogP contribution < -0.4 is 5.32 Å². The second kappa shape index (κ2) is 5.92. The summed E-state index contributed by atoms with van der Waals surface area (Å²) in [6.45, 7) is 2.94. The van der Waals surface area contributed by atoms with Crippen LogP contribution in [0.1, 0.15) is 18.2 Å². The number of aromatic nitrogens is 2. The Balaban J connectivity index is 2.09. The summed E-state index contributed by atoms with van der Waals surface area (Å²) in [4.78, 5) is 9.38. The van der Waals surface area contributed by atoms with Gasteiger partial charge < -0.3 is 5.32 Å². The maximum Gasteiger partial charge on any atom is 0.161 e. The van der Waals surface area contributed by atoms with E-state index in [1.165, 1.54) is 5.56 Å². The summed E-state index contributed by atoms with van der Waals surface area (Å²) >= 11 is 11.4. The first-order valence-corrected chi connectivity index (χ1v) is 8.68. The van der Waals surface area contributed by atoms with E-state index in [-0.39, 0.29) is 0 Å². The summed E-state index contributed by atoms with van der Waals surface area (Å²) in [5.41, 5.74) is 3.36. The molecule has 1 aromatic heterocycles. The maximum absolute atomic E-state index is 6.04. The van der Waals surface area contributed by atoms with Gasteiger partial charge in [0.05, 0.1) is 10.7 Å². The predicted molar refractivity (Wildman–Crippen MR) is 89.3 cm³/mol. The number of thioether (sulfide) groups is 1. The Bertz CT molecular complexity index is 663. The molecule has 1 aliphatic rings. The van der Waals surface area contributed by atoms with Crippen molar-refractivity contribution >= 4 is 45.1 Å². The Morgan fingerprint density at radius 3 is 2.95 bits per heavy atom. The highest BCUT2D eigenvalue weighted by molar-refractivity contribution is 9.10. The molecule has 104 valence electrons. The summed E-state index contributed by atoms with van der Waals surface area (Å²) in [7, 11) is 0. The van der Waals surface area contributed by atoms with Gasteiger partial charge in [-0.3, -0.25) is 0 Å². The number of hydrogen-bond acceptors (Lipinski definition) is 4. The lowest BCUT2D eigenvalue weighted by Crippen LogP contribution is -2.06. The highest BCUT2D eigenvalue weighted by atomic mass is 79.9. The van der Waals surface area contributed by atoms with E-state index in [0.29, 0.717) is 5.02 Å². The van der Waals surface area contributed by atoms with Crippen LogP contribution in [0.4, 0.5) is 5.82 Å². The van der Waals surface area contributed by atoms with Crippen molar-refractivity contribution in [2.24, 2.45) is 0 Å². The van der Waals surface area contributed by atoms with Gasteiger partial charge in [0.1, 0.15) is 5.82 Å². The van der Waals surface area contributed by atoms with Gasteiger partial charge >= 0.3 is 0 Å². The first-order valence-electron chi connectivity index (χ1n) is 6.36. The van der Waals surface area contributed by atoms with Crippen molar-refractivity contribution < 1.29 is 0 Å². The van der Waals surface area contributed by atoms with Crippen LogP contribution >= 0.6 is 39.3 Å². The number of fused-ring (bicyclic) bond motifs is 1. The van der Waals surface area contributed by atoms with Crippen LogP contribution in [0.5, 0.6) is 0 Å². The number of halogens is 2. The van der Waals surface area contributed by atoms with E-state index in [9.17, 15) is 0 Å². The van der Waals surface area contributed by atoms with Crippen LogP contribution in [-0.4, -0.2) is 16.5 Å². The minimum Gasteiger partial charge on any atom is -0.370 e. The number of benzene rings is 1. The third-order valence-corrected chi connectivity index (χ3v) is 5.28. The molecular weight excluding hydrogens is 358 g/mol. The van der Waals surface area contributed by atoms with Gasteiger partial charge in [0.2, 0.25) is 0 Å². The Hall–Kier alpha value is -0.780. The number of hydrogen-bond donors (Lipinski definition) is 1. The lowest BCUT2D eigenvalue weighted by atomic mass is 10.2. The Kier molecular flexibility index (Phi) is 4.19. The van der Waals surface area contributed by atoms with Crippen molar-refractivity contribution in [3.8, 4) is 11.4 Å². The average Bonchev–Trinajstić information content (AvgIpc) is 2.90. The standard InChI is InChI=1S/C14H13BrClN3S/c1-2-17-14-9-6-20-7-12(9)18-13(19-14)8-3-4-11(16)10(15)5-8/h3-5H,2,6-7H2,1H3,(H,17,18,19). The lowest BCUT2D eigenvalue weighted by molar-refractivity contribution is 1.05. The predicted octanol–water partition coefficient (Wildman–Crippen LogP) is 4.74. The molecule has 0 atom stereocenters. The fraction of sp³-hybridized carbons (Fsp3) is 0.286. The fourth-order valence-corrected chi connectivity index (χ4v) is 3.67. The largest absolute Gasteiger partial charge is 0.370 e. The first-order chi connectivity index (χ1) is 9.69. The minimum absolute atomic E-state index is 0.692. The normalized spacial score (nSPS) is 13.3.